The van der Waals surface area contributed by atoms with Gasteiger partial charge in [0.1, 0.15) is 12.4 Å². The van der Waals surface area contributed by atoms with E-state index in [0.717, 1.165) is 35.0 Å². The molecule has 4 aromatic rings. The van der Waals surface area contributed by atoms with Gasteiger partial charge in [0.2, 0.25) is 0 Å². The van der Waals surface area contributed by atoms with Crippen molar-refractivity contribution in [3.05, 3.63) is 107 Å². The van der Waals surface area contributed by atoms with Gasteiger partial charge in [-0.15, -0.1) is 0 Å². The molecule has 2 aromatic carbocycles. The van der Waals surface area contributed by atoms with Gasteiger partial charge in [0.05, 0.1) is 27.5 Å². The SMILES string of the molecule is O=c1[nH]c(=O)n(-c2cc(Cl)c(Oc3ccc(=O)n(-c4cccc(C(F)(F)F)c4)c3)c(Cl)c2)nc1CF. The Morgan fingerprint density at radius 1 is 0.972 bits per heavy atom. The fourth-order valence-electron chi connectivity index (χ4n) is 3.14. The lowest BCUT2D eigenvalue weighted by molar-refractivity contribution is -0.137. The van der Waals surface area contributed by atoms with Crippen LogP contribution in [-0.4, -0.2) is 19.3 Å². The smallest absolute Gasteiger partial charge is 0.416 e. The Labute approximate surface area is 207 Å². The highest BCUT2D eigenvalue weighted by Gasteiger charge is 2.30. The van der Waals surface area contributed by atoms with Crippen molar-refractivity contribution in [1.29, 1.82) is 0 Å². The first-order valence-corrected chi connectivity index (χ1v) is 10.6. The van der Waals surface area contributed by atoms with Crippen LogP contribution in [0.4, 0.5) is 17.6 Å². The molecule has 0 aliphatic carbocycles. The molecular formula is C22H12Cl2F4N4O4. The summed E-state index contributed by atoms with van der Waals surface area (Å²) < 4.78 is 59.5. The number of hydrogen-bond acceptors (Lipinski definition) is 5. The topological polar surface area (TPSA) is 99.0 Å². The minimum Gasteiger partial charge on any atom is -0.453 e. The number of rotatable bonds is 5. The van der Waals surface area contributed by atoms with Crippen molar-refractivity contribution in [2.75, 3.05) is 0 Å². The number of pyridine rings is 1. The molecule has 0 saturated heterocycles. The first-order chi connectivity index (χ1) is 17.0. The molecule has 0 bridgehead atoms. The highest BCUT2D eigenvalue weighted by Crippen LogP contribution is 2.38. The Balaban J connectivity index is 1.72. The van der Waals surface area contributed by atoms with Crippen LogP contribution in [0.2, 0.25) is 10.0 Å². The number of hydrogen-bond donors (Lipinski definition) is 1. The molecule has 36 heavy (non-hydrogen) atoms. The molecule has 2 aromatic heterocycles. The second-order valence-corrected chi connectivity index (χ2v) is 8.03. The van der Waals surface area contributed by atoms with Crippen molar-refractivity contribution in [2.24, 2.45) is 0 Å². The number of H-pyrrole nitrogens is 1. The Morgan fingerprint density at radius 3 is 2.31 bits per heavy atom. The number of aromatic amines is 1. The predicted molar refractivity (Wildman–Crippen MR) is 122 cm³/mol. The third kappa shape index (κ3) is 5.04. The van der Waals surface area contributed by atoms with Crippen LogP contribution in [0.5, 0.6) is 11.5 Å². The van der Waals surface area contributed by atoms with Crippen LogP contribution in [0.15, 0.2) is 69.1 Å². The third-order valence-electron chi connectivity index (χ3n) is 4.81. The molecule has 8 nitrogen and oxygen atoms in total. The van der Waals surface area contributed by atoms with Gasteiger partial charge >= 0.3 is 11.9 Å². The van der Waals surface area contributed by atoms with Gasteiger partial charge in [0.25, 0.3) is 11.1 Å². The minimum atomic E-state index is -4.61. The predicted octanol–water partition coefficient (Wildman–Crippen LogP) is 4.66. The maximum absolute atomic E-state index is 13.1. The van der Waals surface area contributed by atoms with Crippen LogP contribution in [0.1, 0.15) is 11.3 Å². The molecule has 14 heteroatoms. The molecule has 0 aliphatic rings. The van der Waals surface area contributed by atoms with E-state index in [1.807, 2.05) is 4.98 Å². The van der Waals surface area contributed by atoms with Crippen molar-refractivity contribution >= 4 is 23.2 Å². The Hall–Kier alpha value is -3.90. The molecule has 0 spiro atoms. The van der Waals surface area contributed by atoms with E-state index in [-0.39, 0.29) is 32.9 Å². The van der Waals surface area contributed by atoms with Crippen molar-refractivity contribution in [3.63, 3.8) is 0 Å². The highest BCUT2D eigenvalue weighted by molar-refractivity contribution is 6.37. The standard InChI is InChI=1S/C22H12Cl2F4N4O4/c23-15-7-13(32-21(35)29-20(34)17(9-25)30-32)8-16(24)19(15)36-14-4-5-18(33)31(10-14)12-3-1-2-11(6-12)22(26,27)28/h1-8,10H,9H2,(H,29,34,35). The molecule has 186 valence electrons. The van der Waals surface area contributed by atoms with Crippen LogP contribution in [0.3, 0.4) is 0 Å². The van der Waals surface area contributed by atoms with E-state index in [1.165, 1.54) is 24.3 Å². The summed E-state index contributed by atoms with van der Waals surface area (Å²) in [6.45, 7) is -1.22. The summed E-state index contributed by atoms with van der Waals surface area (Å²) in [6.07, 6.45) is -3.45. The fourth-order valence-corrected chi connectivity index (χ4v) is 3.69. The average Bonchev–Trinajstić information content (AvgIpc) is 2.82. The van der Waals surface area contributed by atoms with E-state index in [0.29, 0.717) is 4.68 Å². The van der Waals surface area contributed by atoms with Gasteiger partial charge in [-0.2, -0.15) is 23.0 Å². The lowest BCUT2D eigenvalue weighted by Gasteiger charge is -2.14. The van der Waals surface area contributed by atoms with Crippen LogP contribution in [-0.2, 0) is 12.9 Å². The number of nitrogens with zero attached hydrogens (tertiary/aromatic N) is 3. The van der Waals surface area contributed by atoms with E-state index in [2.05, 4.69) is 5.10 Å². The van der Waals surface area contributed by atoms with E-state index < -0.39 is 40.9 Å². The van der Waals surface area contributed by atoms with E-state index >= 15 is 0 Å². The lowest BCUT2D eigenvalue weighted by atomic mass is 10.2. The van der Waals surface area contributed by atoms with Gasteiger partial charge in [-0.1, -0.05) is 29.3 Å². The zero-order chi connectivity index (χ0) is 26.2. The zero-order valence-electron chi connectivity index (χ0n) is 17.6. The lowest BCUT2D eigenvalue weighted by Crippen LogP contribution is -2.33. The third-order valence-corrected chi connectivity index (χ3v) is 5.37. The van der Waals surface area contributed by atoms with Gasteiger partial charge in [0, 0.05) is 11.8 Å². The van der Waals surface area contributed by atoms with Gasteiger partial charge in [-0.3, -0.25) is 19.1 Å². The van der Waals surface area contributed by atoms with Crippen LogP contribution in [0, 0.1) is 0 Å². The van der Waals surface area contributed by atoms with Gasteiger partial charge in [-0.05, 0) is 36.4 Å². The maximum Gasteiger partial charge on any atom is 0.416 e. The largest absolute Gasteiger partial charge is 0.453 e. The number of benzene rings is 2. The number of alkyl halides is 4. The molecule has 0 atom stereocenters. The Kier molecular flexibility index (Phi) is 6.74. The van der Waals surface area contributed by atoms with Crippen molar-refractivity contribution in [2.45, 2.75) is 12.9 Å². The zero-order valence-corrected chi connectivity index (χ0v) is 19.2. The summed E-state index contributed by atoms with van der Waals surface area (Å²) >= 11 is 12.5. The summed E-state index contributed by atoms with van der Waals surface area (Å²) in [6, 6.07) is 8.90. The average molecular weight is 543 g/mol. The number of nitrogens with one attached hydrogen (secondary N) is 1. The molecule has 0 aliphatic heterocycles. The second kappa shape index (κ2) is 9.63. The molecule has 2 heterocycles. The highest BCUT2D eigenvalue weighted by atomic mass is 35.5. The van der Waals surface area contributed by atoms with Crippen molar-refractivity contribution in [3.8, 4) is 22.9 Å². The monoisotopic (exact) mass is 542 g/mol. The van der Waals surface area contributed by atoms with E-state index in [4.69, 9.17) is 27.9 Å². The van der Waals surface area contributed by atoms with Crippen LogP contribution < -0.4 is 21.5 Å². The molecule has 0 amide bonds. The van der Waals surface area contributed by atoms with E-state index in [9.17, 15) is 31.9 Å². The number of aromatic nitrogens is 4. The summed E-state index contributed by atoms with van der Waals surface area (Å²) in [5.41, 5.74) is -4.12. The van der Waals surface area contributed by atoms with Gasteiger partial charge < -0.3 is 4.74 Å². The van der Waals surface area contributed by atoms with Gasteiger partial charge in [0.15, 0.2) is 11.4 Å². The van der Waals surface area contributed by atoms with E-state index in [1.54, 1.807) is 0 Å². The maximum atomic E-state index is 13.1. The minimum absolute atomic E-state index is 0.00242. The summed E-state index contributed by atoms with van der Waals surface area (Å²) in [5, 5.41) is 3.39. The van der Waals surface area contributed by atoms with Crippen LogP contribution in [0.25, 0.3) is 11.4 Å². The first kappa shape index (κ1) is 25.2. The summed E-state index contributed by atoms with van der Waals surface area (Å²) in [4.78, 5) is 37.9. The van der Waals surface area contributed by atoms with Gasteiger partial charge in [-0.25, -0.2) is 9.18 Å². The molecule has 0 fully saturated rings. The second-order valence-electron chi connectivity index (χ2n) is 7.21. The molecule has 4 rings (SSSR count). The quantitative estimate of drug-likeness (QED) is 0.370. The summed E-state index contributed by atoms with van der Waals surface area (Å²) in [5.74, 6) is -0.109. The number of halogens is 6. The van der Waals surface area contributed by atoms with Crippen molar-refractivity contribution < 1.29 is 22.3 Å². The molecule has 0 radical (unpaired) electrons. The Morgan fingerprint density at radius 2 is 1.67 bits per heavy atom. The molecule has 0 unspecified atom stereocenters. The molecular weight excluding hydrogens is 531 g/mol. The molecule has 0 saturated carbocycles. The fraction of sp³-hybridized carbons (Fsp3) is 0.0909. The normalized spacial score (nSPS) is 11.5. The first-order valence-electron chi connectivity index (χ1n) is 9.84. The van der Waals surface area contributed by atoms with Crippen LogP contribution >= 0.6 is 23.2 Å². The summed E-state index contributed by atoms with van der Waals surface area (Å²) in [7, 11) is 0. The molecule has 1 N–H and O–H groups in total. The Bertz CT molecular complexity index is 1620. The van der Waals surface area contributed by atoms with Crippen molar-refractivity contribution in [1.82, 2.24) is 19.3 Å². The number of ether oxygens (including phenoxy) is 1.